The maximum atomic E-state index is 11.9. The second-order valence-corrected chi connectivity index (χ2v) is 6.25. The van der Waals surface area contributed by atoms with Crippen LogP contribution in [-0.2, 0) is 0 Å². The molecule has 0 bridgehead atoms. The first-order chi connectivity index (χ1) is 10.2. The van der Waals surface area contributed by atoms with Gasteiger partial charge in [0, 0.05) is 11.5 Å². The Morgan fingerprint density at radius 2 is 1.59 bits per heavy atom. The summed E-state index contributed by atoms with van der Waals surface area (Å²) >= 11 is 0. The van der Waals surface area contributed by atoms with Crippen molar-refractivity contribution >= 4 is 11.9 Å². The van der Waals surface area contributed by atoms with E-state index in [1.807, 2.05) is 26.0 Å². The van der Waals surface area contributed by atoms with Crippen LogP contribution < -0.4 is 0 Å². The molecule has 3 heteroatoms. The standard InChI is InChI=1S/C19H22O3/c1-14(2)17(20)16-6-4-15(5-7-16)8-9-19(22)12-10-18(3,21)11-13-19/h4-14,21-22H,1-3H3. The number of carbonyl (C=O) groups excluding carboxylic acids is 1. The third kappa shape index (κ3) is 4.03. The molecule has 0 unspecified atom stereocenters. The van der Waals surface area contributed by atoms with Crippen molar-refractivity contribution in [2.24, 2.45) is 5.92 Å². The lowest BCUT2D eigenvalue weighted by Crippen LogP contribution is -2.29. The van der Waals surface area contributed by atoms with Crippen molar-refractivity contribution in [1.29, 1.82) is 0 Å². The van der Waals surface area contributed by atoms with Gasteiger partial charge in [0.05, 0.1) is 5.60 Å². The minimum absolute atomic E-state index is 0.0209. The number of benzene rings is 1. The highest BCUT2D eigenvalue weighted by Gasteiger charge is 2.24. The summed E-state index contributed by atoms with van der Waals surface area (Å²) in [7, 11) is 0. The van der Waals surface area contributed by atoms with E-state index in [2.05, 4.69) is 0 Å². The van der Waals surface area contributed by atoms with Crippen LogP contribution in [-0.4, -0.2) is 27.2 Å². The van der Waals surface area contributed by atoms with Crippen LogP contribution >= 0.6 is 0 Å². The zero-order valence-corrected chi connectivity index (χ0v) is 13.2. The minimum Gasteiger partial charge on any atom is -0.382 e. The molecule has 22 heavy (non-hydrogen) atoms. The predicted octanol–water partition coefficient (Wildman–Crippen LogP) is 3.15. The van der Waals surface area contributed by atoms with E-state index in [4.69, 9.17) is 0 Å². The molecule has 0 heterocycles. The molecular weight excluding hydrogens is 276 g/mol. The lowest BCUT2D eigenvalue weighted by Gasteiger charge is -2.25. The van der Waals surface area contributed by atoms with E-state index in [1.54, 1.807) is 55.5 Å². The highest BCUT2D eigenvalue weighted by Crippen LogP contribution is 2.23. The normalized spacial score (nSPS) is 27.7. The number of aliphatic hydroxyl groups is 2. The first kappa shape index (κ1) is 16.4. The maximum Gasteiger partial charge on any atom is 0.165 e. The average molecular weight is 298 g/mol. The Hall–Kier alpha value is -1.97. The molecule has 0 aromatic heterocycles. The molecule has 1 aliphatic carbocycles. The molecule has 0 spiro atoms. The molecule has 0 saturated heterocycles. The van der Waals surface area contributed by atoms with Crippen LogP contribution in [0.1, 0.15) is 36.7 Å². The summed E-state index contributed by atoms with van der Waals surface area (Å²) in [5.74, 6) is 0.0990. The monoisotopic (exact) mass is 298 g/mol. The van der Waals surface area contributed by atoms with Gasteiger partial charge in [-0.15, -0.1) is 0 Å². The maximum absolute atomic E-state index is 11.9. The van der Waals surface area contributed by atoms with Crippen molar-refractivity contribution in [3.05, 3.63) is 65.8 Å². The summed E-state index contributed by atoms with van der Waals surface area (Å²) in [6.45, 7) is 5.40. The molecule has 2 rings (SSSR count). The van der Waals surface area contributed by atoms with Crippen molar-refractivity contribution in [3.8, 4) is 0 Å². The number of hydrogen-bond donors (Lipinski definition) is 2. The second kappa shape index (κ2) is 6.03. The summed E-state index contributed by atoms with van der Waals surface area (Å²) in [6.07, 6.45) is 9.66. The third-order valence-electron chi connectivity index (χ3n) is 3.64. The molecule has 1 aliphatic rings. The fourth-order valence-electron chi connectivity index (χ4n) is 2.15. The Labute approximate surface area is 131 Å². The van der Waals surface area contributed by atoms with Crippen molar-refractivity contribution in [1.82, 2.24) is 0 Å². The molecule has 0 fully saturated rings. The van der Waals surface area contributed by atoms with E-state index in [0.29, 0.717) is 5.56 Å². The largest absolute Gasteiger partial charge is 0.382 e. The van der Waals surface area contributed by atoms with Gasteiger partial charge in [-0.2, -0.15) is 0 Å². The molecule has 0 amide bonds. The summed E-state index contributed by atoms with van der Waals surface area (Å²) in [6, 6.07) is 7.29. The van der Waals surface area contributed by atoms with Crippen LogP contribution in [0.5, 0.6) is 0 Å². The molecule has 1 aromatic carbocycles. The van der Waals surface area contributed by atoms with Gasteiger partial charge >= 0.3 is 0 Å². The summed E-state index contributed by atoms with van der Waals surface area (Å²) in [5.41, 5.74) is -0.625. The predicted molar refractivity (Wildman–Crippen MR) is 88.5 cm³/mol. The first-order valence-corrected chi connectivity index (χ1v) is 7.40. The van der Waals surface area contributed by atoms with Crippen LogP contribution in [0.3, 0.4) is 0 Å². The Morgan fingerprint density at radius 3 is 2.09 bits per heavy atom. The quantitative estimate of drug-likeness (QED) is 0.663. The molecular formula is C19H22O3. The van der Waals surface area contributed by atoms with Gasteiger partial charge in [-0.05, 0) is 30.7 Å². The summed E-state index contributed by atoms with van der Waals surface area (Å²) in [4.78, 5) is 11.9. The zero-order chi connectivity index (χ0) is 16.4. The van der Waals surface area contributed by atoms with E-state index in [-0.39, 0.29) is 11.7 Å². The molecule has 3 nitrogen and oxygen atoms in total. The smallest absolute Gasteiger partial charge is 0.165 e. The Morgan fingerprint density at radius 1 is 1.05 bits per heavy atom. The van der Waals surface area contributed by atoms with Crippen molar-refractivity contribution in [2.75, 3.05) is 0 Å². The molecule has 0 saturated carbocycles. The fraction of sp³-hybridized carbons (Fsp3) is 0.316. The van der Waals surface area contributed by atoms with Gasteiger partial charge < -0.3 is 10.2 Å². The Bertz CT molecular complexity index is 615. The molecule has 0 atom stereocenters. The van der Waals surface area contributed by atoms with Crippen molar-refractivity contribution in [2.45, 2.75) is 32.0 Å². The van der Waals surface area contributed by atoms with Crippen molar-refractivity contribution in [3.63, 3.8) is 0 Å². The number of Topliss-reactive ketones (excluding diaryl/α,β-unsaturated/α-hetero) is 1. The van der Waals surface area contributed by atoms with Gasteiger partial charge in [-0.1, -0.05) is 56.3 Å². The van der Waals surface area contributed by atoms with Crippen LogP contribution in [0.2, 0.25) is 0 Å². The second-order valence-electron chi connectivity index (χ2n) is 6.25. The Balaban J connectivity index is 2.11. The first-order valence-electron chi connectivity index (χ1n) is 7.40. The Kier molecular flexibility index (Phi) is 4.50. The average Bonchev–Trinajstić information content (AvgIpc) is 2.49. The van der Waals surface area contributed by atoms with Gasteiger partial charge in [0.25, 0.3) is 0 Å². The van der Waals surface area contributed by atoms with E-state index < -0.39 is 11.2 Å². The summed E-state index contributed by atoms with van der Waals surface area (Å²) in [5, 5.41) is 20.1. The van der Waals surface area contributed by atoms with Gasteiger partial charge in [0.1, 0.15) is 5.60 Å². The topological polar surface area (TPSA) is 57.5 Å². The van der Waals surface area contributed by atoms with Crippen LogP contribution in [0, 0.1) is 5.92 Å². The summed E-state index contributed by atoms with van der Waals surface area (Å²) < 4.78 is 0. The van der Waals surface area contributed by atoms with E-state index in [1.165, 1.54) is 0 Å². The molecule has 0 aliphatic heterocycles. The highest BCUT2D eigenvalue weighted by molar-refractivity contribution is 5.97. The number of ketones is 1. The molecule has 1 aromatic rings. The molecule has 0 radical (unpaired) electrons. The van der Waals surface area contributed by atoms with Gasteiger partial charge in [0.15, 0.2) is 5.78 Å². The van der Waals surface area contributed by atoms with Crippen LogP contribution in [0.15, 0.2) is 54.6 Å². The lowest BCUT2D eigenvalue weighted by atomic mass is 9.90. The van der Waals surface area contributed by atoms with E-state index in [0.717, 1.165) is 5.56 Å². The van der Waals surface area contributed by atoms with E-state index in [9.17, 15) is 15.0 Å². The van der Waals surface area contributed by atoms with Crippen LogP contribution in [0.25, 0.3) is 6.08 Å². The van der Waals surface area contributed by atoms with Gasteiger partial charge in [0.2, 0.25) is 0 Å². The van der Waals surface area contributed by atoms with Crippen molar-refractivity contribution < 1.29 is 15.0 Å². The van der Waals surface area contributed by atoms with Gasteiger partial charge in [-0.25, -0.2) is 0 Å². The minimum atomic E-state index is -1.20. The van der Waals surface area contributed by atoms with Gasteiger partial charge in [-0.3, -0.25) is 4.79 Å². The zero-order valence-electron chi connectivity index (χ0n) is 13.2. The molecule has 116 valence electrons. The fourth-order valence-corrected chi connectivity index (χ4v) is 2.15. The highest BCUT2D eigenvalue weighted by atomic mass is 16.3. The van der Waals surface area contributed by atoms with Crippen LogP contribution in [0.4, 0.5) is 0 Å². The number of hydrogen-bond acceptors (Lipinski definition) is 3. The lowest BCUT2D eigenvalue weighted by molar-refractivity contribution is 0.0939. The SMILES string of the molecule is CC(C)C(=O)c1ccc(C=CC2(O)C=CC(C)(O)C=C2)cc1. The van der Waals surface area contributed by atoms with E-state index >= 15 is 0 Å². The third-order valence-corrected chi connectivity index (χ3v) is 3.64. The number of rotatable bonds is 4. The molecule has 2 N–H and O–H groups in total. The number of carbonyl (C=O) groups is 1.